The van der Waals surface area contributed by atoms with Gasteiger partial charge in [0.15, 0.2) is 0 Å². The number of ether oxygens (including phenoxy) is 2. The van der Waals surface area contributed by atoms with Crippen LogP contribution < -0.4 is 0 Å². The summed E-state index contributed by atoms with van der Waals surface area (Å²) in [5.74, 6) is -2.15. The summed E-state index contributed by atoms with van der Waals surface area (Å²) < 4.78 is 39.8. The van der Waals surface area contributed by atoms with Crippen LogP contribution in [0.3, 0.4) is 0 Å². The molecule has 8 heteroatoms. The predicted octanol–water partition coefficient (Wildman–Crippen LogP) is 5.45. The Hall–Kier alpha value is -2.84. The van der Waals surface area contributed by atoms with Crippen molar-refractivity contribution in [2.75, 3.05) is 33.4 Å². The van der Waals surface area contributed by atoms with Crippen LogP contribution in [0.5, 0.6) is 0 Å². The Labute approximate surface area is 248 Å². The molecule has 1 aliphatic heterocycles. The van der Waals surface area contributed by atoms with Crippen molar-refractivity contribution in [1.82, 2.24) is 9.80 Å². The van der Waals surface area contributed by atoms with E-state index in [0.717, 1.165) is 30.9 Å². The quantitative estimate of drug-likeness (QED) is 0.388. The number of benzene rings is 2. The molecule has 1 saturated heterocycles. The van der Waals surface area contributed by atoms with Crippen LogP contribution in [0.15, 0.2) is 36.4 Å². The van der Waals surface area contributed by atoms with E-state index in [2.05, 4.69) is 23.1 Å². The maximum atomic E-state index is 14.7. The Morgan fingerprint density at radius 1 is 1.00 bits per heavy atom. The van der Waals surface area contributed by atoms with Gasteiger partial charge in [-0.1, -0.05) is 30.7 Å². The summed E-state index contributed by atoms with van der Waals surface area (Å²) in [7, 11) is 1.61. The molecule has 0 unspecified atom stereocenters. The average Bonchev–Trinajstić information content (AvgIpc) is 3.60. The van der Waals surface area contributed by atoms with E-state index >= 15 is 0 Å². The molecule has 5 rings (SSSR count). The van der Waals surface area contributed by atoms with Crippen molar-refractivity contribution < 1.29 is 27.8 Å². The van der Waals surface area contributed by atoms with Crippen LogP contribution in [0, 0.1) is 17.6 Å². The molecule has 2 aromatic carbocycles. The minimum atomic E-state index is -0.621. The second kappa shape index (κ2) is 12.8. The average molecular weight is 583 g/mol. The highest BCUT2D eigenvalue weighted by molar-refractivity contribution is 5.81. The molecule has 2 fully saturated rings. The van der Waals surface area contributed by atoms with E-state index in [4.69, 9.17) is 9.47 Å². The van der Waals surface area contributed by atoms with Gasteiger partial charge in [-0.15, -0.1) is 0 Å². The lowest BCUT2D eigenvalue weighted by molar-refractivity contribution is -0.163. The van der Waals surface area contributed by atoms with Gasteiger partial charge in [-0.2, -0.15) is 0 Å². The molecule has 0 N–H and O–H groups in total. The Bertz CT molecular complexity index is 1290. The molecule has 0 bridgehead atoms. The number of fused-ring (bicyclic) bond motifs is 1. The third-order valence-electron chi connectivity index (χ3n) is 9.06. The lowest BCUT2D eigenvalue weighted by Crippen LogP contribution is -2.61. The van der Waals surface area contributed by atoms with E-state index in [1.165, 1.54) is 29.7 Å². The smallest absolute Gasteiger partial charge is 0.324 e. The van der Waals surface area contributed by atoms with Gasteiger partial charge in [0.1, 0.15) is 23.3 Å². The molecule has 3 aliphatic rings. The van der Waals surface area contributed by atoms with Crippen LogP contribution in [-0.2, 0) is 38.3 Å². The number of hydrogen-bond donors (Lipinski definition) is 0. The zero-order valence-electron chi connectivity index (χ0n) is 25.3. The monoisotopic (exact) mass is 582 g/mol. The number of aryl methyl sites for hydroxylation is 2. The summed E-state index contributed by atoms with van der Waals surface area (Å²) in [6, 6.07) is 9.45. The first-order valence-electron chi connectivity index (χ1n) is 15.4. The van der Waals surface area contributed by atoms with E-state index in [1.54, 1.807) is 7.11 Å². The van der Waals surface area contributed by atoms with Crippen molar-refractivity contribution in [2.24, 2.45) is 5.92 Å². The normalized spacial score (nSPS) is 23.6. The highest BCUT2D eigenvalue weighted by Gasteiger charge is 2.43. The molecule has 1 saturated carbocycles. The van der Waals surface area contributed by atoms with Crippen molar-refractivity contribution in [2.45, 2.75) is 89.3 Å². The molecular formula is C34H44F2N2O4. The van der Waals surface area contributed by atoms with Crippen molar-refractivity contribution >= 4 is 11.9 Å². The van der Waals surface area contributed by atoms with E-state index in [9.17, 15) is 18.4 Å². The maximum Gasteiger partial charge on any atom is 0.324 e. The molecule has 228 valence electrons. The summed E-state index contributed by atoms with van der Waals surface area (Å²) in [6.45, 7) is 7.38. The Morgan fingerprint density at radius 2 is 1.79 bits per heavy atom. The molecule has 0 aromatic heterocycles. The first kappa shape index (κ1) is 30.6. The number of halogens is 2. The molecule has 4 atom stereocenters. The number of carbonyl (C=O) groups is 2. The zero-order chi connectivity index (χ0) is 30.0. The fourth-order valence-corrected chi connectivity index (χ4v) is 7.14. The number of carbonyl (C=O) groups excluding carboxylic acids is 2. The van der Waals surface area contributed by atoms with Gasteiger partial charge in [0, 0.05) is 38.7 Å². The zero-order valence-corrected chi connectivity index (χ0v) is 25.3. The number of hydrogen-bond acceptors (Lipinski definition) is 5. The van der Waals surface area contributed by atoms with Crippen LogP contribution >= 0.6 is 0 Å². The number of esters is 1. The first-order chi connectivity index (χ1) is 20.0. The highest BCUT2D eigenvalue weighted by Crippen LogP contribution is 2.42. The number of methoxy groups -OCH3 is 1. The van der Waals surface area contributed by atoms with E-state index in [0.29, 0.717) is 51.1 Å². The number of nitrogens with zero attached hydrogens (tertiary/aromatic N) is 2. The second-order valence-corrected chi connectivity index (χ2v) is 13.2. The van der Waals surface area contributed by atoms with Gasteiger partial charge < -0.3 is 14.4 Å². The second-order valence-electron chi connectivity index (χ2n) is 13.2. The van der Waals surface area contributed by atoms with Crippen LogP contribution in [0.2, 0.25) is 0 Å². The van der Waals surface area contributed by atoms with E-state index < -0.39 is 23.3 Å². The lowest BCUT2D eigenvalue weighted by Gasteiger charge is -2.45. The summed E-state index contributed by atoms with van der Waals surface area (Å²) >= 11 is 0. The fraction of sp³-hybridized carbons (Fsp3) is 0.588. The van der Waals surface area contributed by atoms with Crippen molar-refractivity contribution in [3.8, 4) is 0 Å². The van der Waals surface area contributed by atoms with Crippen molar-refractivity contribution in [3.05, 3.63) is 70.3 Å². The minimum Gasteiger partial charge on any atom is -0.459 e. The molecule has 2 aliphatic carbocycles. The van der Waals surface area contributed by atoms with Crippen LogP contribution in [-0.4, -0.2) is 72.7 Å². The summed E-state index contributed by atoms with van der Waals surface area (Å²) in [4.78, 5) is 31.6. The standard InChI is InChI=1S/C34H44F2N2O4/c1-34(2,3)42-33(40)31(18-22-11-12-23-7-5-8-24(23)17-22)37-15-16-38(26(20-37)21-41-4)32(39)29-10-6-9-27(29)28-14-13-25(35)19-30(28)36/h11-14,17,19,26-27,29,31H,5-10,15-16,18,20-21H2,1-4H3/t26-,27+,29-,31+/m1/s1. The maximum absolute atomic E-state index is 14.7. The summed E-state index contributed by atoms with van der Waals surface area (Å²) in [6.07, 6.45) is 6.04. The first-order valence-corrected chi connectivity index (χ1v) is 15.4. The van der Waals surface area contributed by atoms with Gasteiger partial charge in [-0.3, -0.25) is 14.5 Å². The number of piperazine rings is 1. The van der Waals surface area contributed by atoms with E-state index in [-0.39, 0.29) is 29.8 Å². The van der Waals surface area contributed by atoms with Gasteiger partial charge >= 0.3 is 5.97 Å². The molecule has 6 nitrogen and oxygen atoms in total. The van der Waals surface area contributed by atoms with Gasteiger partial charge in [0.2, 0.25) is 5.91 Å². The highest BCUT2D eigenvalue weighted by atomic mass is 19.1. The van der Waals surface area contributed by atoms with Crippen LogP contribution in [0.1, 0.15) is 74.6 Å². The fourth-order valence-electron chi connectivity index (χ4n) is 7.14. The predicted molar refractivity (Wildman–Crippen MR) is 157 cm³/mol. The molecule has 0 radical (unpaired) electrons. The minimum absolute atomic E-state index is 0.0182. The largest absolute Gasteiger partial charge is 0.459 e. The molecule has 2 aromatic rings. The van der Waals surface area contributed by atoms with Crippen molar-refractivity contribution in [1.29, 1.82) is 0 Å². The molecule has 0 spiro atoms. The third-order valence-corrected chi connectivity index (χ3v) is 9.06. The van der Waals surface area contributed by atoms with E-state index in [1.807, 2.05) is 25.7 Å². The molecule has 1 amide bonds. The summed E-state index contributed by atoms with van der Waals surface area (Å²) in [5, 5.41) is 0. The SMILES string of the molecule is COC[C@H]1CN([C@@H](Cc2ccc3c(c2)CCC3)C(=O)OC(C)(C)C)CCN1C(=O)[C@@H]1CCC[C@H]1c1ccc(F)cc1F. The number of rotatable bonds is 8. The van der Waals surface area contributed by atoms with Crippen LogP contribution in [0.4, 0.5) is 8.78 Å². The lowest BCUT2D eigenvalue weighted by atomic mass is 9.87. The third kappa shape index (κ3) is 6.86. The van der Waals surface area contributed by atoms with Crippen LogP contribution in [0.25, 0.3) is 0 Å². The topological polar surface area (TPSA) is 59.1 Å². The Kier molecular flexibility index (Phi) is 9.33. The van der Waals surface area contributed by atoms with Crippen molar-refractivity contribution in [3.63, 3.8) is 0 Å². The molecule has 42 heavy (non-hydrogen) atoms. The molecular weight excluding hydrogens is 538 g/mol. The van der Waals surface area contributed by atoms with Gasteiger partial charge in [0.05, 0.1) is 12.6 Å². The Morgan fingerprint density at radius 3 is 2.52 bits per heavy atom. The Balaban J connectivity index is 1.35. The summed E-state index contributed by atoms with van der Waals surface area (Å²) in [5.41, 5.74) is 3.67. The van der Waals surface area contributed by atoms with Gasteiger partial charge in [-0.05, 0) is 93.5 Å². The van der Waals surface area contributed by atoms with Gasteiger partial charge in [0.25, 0.3) is 0 Å². The van der Waals surface area contributed by atoms with Gasteiger partial charge in [-0.25, -0.2) is 8.78 Å². The molecule has 1 heterocycles. The number of amides is 1.